The van der Waals surface area contributed by atoms with Gasteiger partial charge >= 0.3 is 0 Å². The van der Waals surface area contributed by atoms with E-state index in [0.717, 1.165) is 27.8 Å². The lowest BCUT2D eigenvalue weighted by Crippen LogP contribution is -2.36. The standard InChI is InChI=1S/C23H20BClN2O2/c1-27-21-11-8-16(25)13-18(21)22(14-6-9-17(28)10-7-14)26-20(23(27)29)12-15-4-2-3-5-19(15)24/h2-11,13,20,28H,12,24H2,1H3. The van der Waals surface area contributed by atoms with Crippen LogP contribution < -0.4 is 10.4 Å². The number of benzodiazepines with no additional fused rings is 1. The van der Waals surface area contributed by atoms with Crippen LogP contribution in [0.2, 0.25) is 5.02 Å². The number of hydrogen-bond acceptors (Lipinski definition) is 3. The highest BCUT2D eigenvalue weighted by molar-refractivity contribution is 6.33. The molecule has 3 aromatic rings. The van der Waals surface area contributed by atoms with Crippen LogP contribution in [0.1, 0.15) is 16.7 Å². The van der Waals surface area contributed by atoms with Gasteiger partial charge in [0.25, 0.3) is 5.91 Å². The third-order valence-electron chi connectivity index (χ3n) is 5.29. The minimum atomic E-state index is -0.559. The number of carbonyl (C=O) groups excluding carboxylic acids is 1. The lowest BCUT2D eigenvalue weighted by atomic mass is 9.87. The Balaban J connectivity index is 1.88. The zero-order valence-electron chi connectivity index (χ0n) is 16.3. The number of benzene rings is 3. The van der Waals surface area contributed by atoms with Crippen molar-refractivity contribution in [2.75, 3.05) is 11.9 Å². The molecule has 0 bridgehead atoms. The summed E-state index contributed by atoms with van der Waals surface area (Å²) in [6.07, 6.45) is 0.513. The van der Waals surface area contributed by atoms with E-state index in [4.69, 9.17) is 16.6 Å². The highest BCUT2D eigenvalue weighted by Gasteiger charge is 2.30. The maximum absolute atomic E-state index is 13.3. The van der Waals surface area contributed by atoms with E-state index in [9.17, 15) is 9.90 Å². The summed E-state index contributed by atoms with van der Waals surface area (Å²) in [6.45, 7) is 0. The number of aromatic hydroxyl groups is 1. The lowest BCUT2D eigenvalue weighted by molar-refractivity contribution is -0.119. The number of fused-ring (bicyclic) bond motifs is 1. The Bertz CT molecular complexity index is 1110. The molecule has 0 saturated carbocycles. The summed E-state index contributed by atoms with van der Waals surface area (Å²) < 4.78 is 0. The van der Waals surface area contributed by atoms with Gasteiger partial charge in [-0.05, 0) is 42.5 Å². The molecule has 1 unspecified atom stereocenters. The molecule has 29 heavy (non-hydrogen) atoms. The van der Waals surface area contributed by atoms with Gasteiger partial charge in [0, 0.05) is 29.6 Å². The first-order valence-corrected chi connectivity index (χ1v) is 9.81. The van der Waals surface area contributed by atoms with Gasteiger partial charge in [-0.25, -0.2) is 0 Å². The fourth-order valence-electron chi connectivity index (χ4n) is 3.64. The Morgan fingerprint density at radius 1 is 1.10 bits per heavy atom. The zero-order chi connectivity index (χ0) is 20.5. The Morgan fingerprint density at radius 2 is 1.83 bits per heavy atom. The maximum Gasteiger partial charge on any atom is 0.251 e. The SMILES string of the molecule is Bc1ccccc1CC1N=C(c2ccc(O)cc2)c2cc(Cl)ccc2N(C)C1=O. The van der Waals surface area contributed by atoms with E-state index in [1.54, 1.807) is 42.3 Å². The van der Waals surface area contributed by atoms with Crippen molar-refractivity contribution in [2.45, 2.75) is 12.5 Å². The van der Waals surface area contributed by atoms with Crippen LogP contribution >= 0.6 is 11.6 Å². The average Bonchev–Trinajstić information content (AvgIpc) is 2.81. The molecule has 1 aliphatic rings. The largest absolute Gasteiger partial charge is 0.508 e. The van der Waals surface area contributed by atoms with E-state index >= 15 is 0 Å². The molecular weight excluding hydrogens is 383 g/mol. The Kier molecular flexibility index (Phi) is 5.16. The molecule has 1 heterocycles. The van der Waals surface area contributed by atoms with Gasteiger partial charge in [0.15, 0.2) is 0 Å². The van der Waals surface area contributed by atoms with Crippen LogP contribution in [-0.2, 0) is 11.2 Å². The van der Waals surface area contributed by atoms with Crippen LogP contribution in [0, 0.1) is 0 Å². The molecule has 1 amide bonds. The van der Waals surface area contributed by atoms with Crippen molar-refractivity contribution in [1.29, 1.82) is 0 Å². The molecule has 4 rings (SSSR count). The number of carbonyl (C=O) groups is 1. The van der Waals surface area contributed by atoms with Gasteiger partial charge in [-0.15, -0.1) is 0 Å². The first kappa shape index (κ1) is 19.3. The highest BCUT2D eigenvalue weighted by Crippen LogP contribution is 2.31. The molecule has 144 valence electrons. The molecule has 0 fully saturated rings. The average molecular weight is 403 g/mol. The quantitative estimate of drug-likeness (QED) is 0.685. The van der Waals surface area contributed by atoms with Crippen molar-refractivity contribution in [2.24, 2.45) is 4.99 Å². The number of amides is 1. The number of halogens is 1. The molecule has 1 N–H and O–H groups in total. The molecular formula is C23H20BClN2O2. The predicted molar refractivity (Wildman–Crippen MR) is 121 cm³/mol. The Labute approximate surface area is 175 Å². The summed E-state index contributed by atoms with van der Waals surface area (Å²) in [4.78, 5) is 19.9. The van der Waals surface area contributed by atoms with Gasteiger partial charge in [-0.3, -0.25) is 9.79 Å². The predicted octanol–water partition coefficient (Wildman–Crippen LogP) is 2.73. The van der Waals surface area contributed by atoms with Crippen LogP contribution in [0.15, 0.2) is 71.7 Å². The van der Waals surface area contributed by atoms with Gasteiger partial charge in [0.1, 0.15) is 19.6 Å². The van der Waals surface area contributed by atoms with Crippen molar-refractivity contribution in [1.82, 2.24) is 0 Å². The van der Waals surface area contributed by atoms with Crippen LogP contribution in [0.3, 0.4) is 0 Å². The topological polar surface area (TPSA) is 52.9 Å². The molecule has 0 spiro atoms. The van der Waals surface area contributed by atoms with Crippen molar-refractivity contribution in [3.63, 3.8) is 0 Å². The number of nitrogens with zero attached hydrogens (tertiary/aromatic N) is 2. The molecule has 6 heteroatoms. The highest BCUT2D eigenvalue weighted by atomic mass is 35.5. The molecule has 0 radical (unpaired) electrons. The van der Waals surface area contributed by atoms with Gasteiger partial charge < -0.3 is 10.0 Å². The van der Waals surface area contributed by atoms with E-state index in [-0.39, 0.29) is 11.7 Å². The van der Waals surface area contributed by atoms with Crippen LogP contribution in [0.4, 0.5) is 5.69 Å². The first-order chi connectivity index (χ1) is 13.9. The summed E-state index contributed by atoms with van der Waals surface area (Å²) in [5.41, 5.74) is 5.30. The van der Waals surface area contributed by atoms with Crippen molar-refractivity contribution in [3.05, 3.63) is 88.4 Å². The van der Waals surface area contributed by atoms with E-state index in [1.165, 1.54) is 0 Å². The lowest BCUT2D eigenvalue weighted by Gasteiger charge is -2.21. The molecule has 0 aliphatic carbocycles. The summed E-state index contributed by atoms with van der Waals surface area (Å²) in [7, 11) is 3.81. The van der Waals surface area contributed by atoms with Crippen LogP contribution in [-0.4, -0.2) is 37.7 Å². The zero-order valence-corrected chi connectivity index (χ0v) is 17.0. The molecule has 4 nitrogen and oxygen atoms in total. The monoisotopic (exact) mass is 402 g/mol. The van der Waals surface area contributed by atoms with E-state index < -0.39 is 6.04 Å². The van der Waals surface area contributed by atoms with E-state index in [1.807, 2.05) is 44.2 Å². The molecule has 1 atom stereocenters. The fraction of sp³-hybridized carbons (Fsp3) is 0.130. The summed E-state index contributed by atoms with van der Waals surface area (Å²) in [6, 6.07) is 19.8. The second-order valence-electron chi connectivity index (χ2n) is 7.23. The number of phenolic OH excluding ortho intramolecular Hbond substituents is 1. The van der Waals surface area contributed by atoms with Crippen LogP contribution in [0.5, 0.6) is 5.75 Å². The number of aliphatic imine (C=N–C) groups is 1. The molecule has 0 aromatic heterocycles. The third-order valence-corrected chi connectivity index (χ3v) is 5.53. The van der Waals surface area contributed by atoms with Crippen molar-refractivity contribution < 1.29 is 9.90 Å². The Hall–Kier alpha value is -3.05. The molecule has 3 aromatic carbocycles. The van der Waals surface area contributed by atoms with Gasteiger partial charge in [-0.2, -0.15) is 0 Å². The normalized spacial score (nSPS) is 16.2. The minimum absolute atomic E-state index is 0.0643. The first-order valence-electron chi connectivity index (χ1n) is 9.43. The van der Waals surface area contributed by atoms with Crippen molar-refractivity contribution >= 4 is 42.2 Å². The third kappa shape index (κ3) is 3.78. The fourth-order valence-corrected chi connectivity index (χ4v) is 3.82. The number of likely N-dealkylation sites (N-methyl/N-ethyl adjacent to an activating group) is 1. The van der Waals surface area contributed by atoms with Gasteiger partial charge in [0.2, 0.25) is 0 Å². The van der Waals surface area contributed by atoms with Crippen molar-refractivity contribution in [3.8, 4) is 5.75 Å². The van der Waals surface area contributed by atoms with Gasteiger partial charge in [0.05, 0.1) is 11.4 Å². The number of hydrogen-bond donors (Lipinski definition) is 1. The van der Waals surface area contributed by atoms with E-state index in [2.05, 4.69) is 0 Å². The Morgan fingerprint density at radius 3 is 2.55 bits per heavy atom. The smallest absolute Gasteiger partial charge is 0.251 e. The van der Waals surface area contributed by atoms with E-state index in [0.29, 0.717) is 17.2 Å². The molecule has 0 saturated heterocycles. The second-order valence-corrected chi connectivity index (χ2v) is 7.67. The number of rotatable bonds is 3. The number of phenols is 1. The summed E-state index contributed by atoms with van der Waals surface area (Å²) >= 11 is 6.28. The summed E-state index contributed by atoms with van der Waals surface area (Å²) in [5.74, 6) is 0.115. The van der Waals surface area contributed by atoms with Crippen LogP contribution in [0.25, 0.3) is 0 Å². The van der Waals surface area contributed by atoms with Gasteiger partial charge in [-0.1, -0.05) is 46.9 Å². The second kappa shape index (κ2) is 7.76. The summed E-state index contributed by atoms with van der Waals surface area (Å²) in [5, 5.41) is 10.3. The maximum atomic E-state index is 13.3. The number of anilines is 1. The molecule has 1 aliphatic heterocycles. The minimum Gasteiger partial charge on any atom is -0.508 e.